The average molecular weight is 416 g/mol. The molecule has 0 saturated heterocycles. The standard InChI is InChI=1S/C18H24O9S/c1-24-8-13(19)10-26-15-4-5-16-12(7-15)3-6-17(28(21,22)23)18(16)27-11-14(20)9-25-2/h3-7,13-14,19-20H,8-11H2,1-2H3,(H,21,22,23). The second-order valence-electron chi connectivity index (χ2n) is 6.09. The summed E-state index contributed by atoms with van der Waals surface area (Å²) in [6.07, 6.45) is -1.76. The fourth-order valence-corrected chi connectivity index (χ4v) is 3.20. The molecule has 10 heteroatoms. The Kier molecular flexibility index (Phi) is 7.98. The molecule has 0 amide bonds. The highest BCUT2D eigenvalue weighted by molar-refractivity contribution is 7.86. The summed E-state index contributed by atoms with van der Waals surface area (Å²) < 4.78 is 53.5. The van der Waals surface area contributed by atoms with Gasteiger partial charge in [0.05, 0.1) is 13.2 Å². The average Bonchev–Trinajstić information content (AvgIpc) is 2.63. The van der Waals surface area contributed by atoms with Crippen LogP contribution in [-0.4, -0.2) is 76.0 Å². The van der Waals surface area contributed by atoms with Crippen LogP contribution in [0.3, 0.4) is 0 Å². The van der Waals surface area contributed by atoms with Gasteiger partial charge in [0.1, 0.15) is 41.8 Å². The molecule has 0 radical (unpaired) electrons. The van der Waals surface area contributed by atoms with E-state index in [2.05, 4.69) is 0 Å². The fraction of sp³-hybridized carbons (Fsp3) is 0.444. The number of aliphatic hydroxyl groups excluding tert-OH is 2. The summed E-state index contributed by atoms with van der Waals surface area (Å²) in [7, 11) is -1.66. The molecule has 0 aliphatic heterocycles. The van der Waals surface area contributed by atoms with Gasteiger partial charge in [-0.2, -0.15) is 8.42 Å². The third kappa shape index (κ3) is 6.03. The summed E-state index contributed by atoms with van der Waals surface area (Å²) in [6, 6.07) is 7.49. The maximum absolute atomic E-state index is 11.7. The van der Waals surface area contributed by atoms with Crippen molar-refractivity contribution in [3.05, 3.63) is 30.3 Å². The maximum Gasteiger partial charge on any atom is 0.298 e. The Morgan fingerprint density at radius 1 is 0.893 bits per heavy atom. The van der Waals surface area contributed by atoms with Crippen LogP contribution in [0.15, 0.2) is 35.2 Å². The van der Waals surface area contributed by atoms with Crippen molar-refractivity contribution >= 4 is 20.9 Å². The van der Waals surface area contributed by atoms with E-state index in [1.807, 2.05) is 0 Å². The van der Waals surface area contributed by atoms with Gasteiger partial charge in [-0.05, 0) is 29.7 Å². The van der Waals surface area contributed by atoms with Gasteiger partial charge in [0.2, 0.25) is 0 Å². The minimum atomic E-state index is -4.54. The van der Waals surface area contributed by atoms with Crippen LogP contribution in [0.4, 0.5) is 0 Å². The van der Waals surface area contributed by atoms with Gasteiger partial charge >= 0.3 is 0 Å². The van der Waals surface area contributed by atoms with Gasteiger partial charge in [0.25, 0.3) is 10.1 Å². The van der Waals surface area contributed by atoms with Crippen molar-refractivity contribution in [1.29, 1.82) is 0 Å². The minimum Gasteiger partial charge on any atom is -0.491 e. The van der Waals surface area contributed by atoms with Crippen LogP contribution in [0.25, 0.3) is 10.8 Å². The molecule has 2 aromatic carbocycles. The molecule has 3 N–H and O–H groups in total. The van der Waals surface area contributed by atoms with E-state index in [1.54, 1.807) is 18.2 Å². The molecule has 2 unspecified atom stereocenters. The van der Waals surface area contributed by atoms with Crippen molar-refractivity contribution in [2.45, 2.75) is 17.1 Å². The number of methoxy groups -OCH3 is 2. The Labute approximate surface area is 163 Å². The van der Waals surface area contributed by atoms with E-state index in [-0.39, 0.29) is 32.2 Å². The topological polar surface area (TPSA) is 132 Å². The van der Waals surface area contributed by atoms with Crippen LogP contribution in [0.1, 0.15) is 0 Å². The van der Waals surface area contributed by atoms with Crippen molar-refractivity contribution in [3.8, 4) is 11.5 Å². The molecule has 156 valence electrons. The first-order chi connectivity index (χ1) is 13.3. The van der Waals surface area contributed by atoms with E-state index in [0.29, 0.717) is 16.5 Å². The molecule has 0 heterocycles. The first kappa shape index (κ1) is 22.3. The lowest BCUT2D eigenvalue weighted by molar-refractivity contribution is 0.0321. The van der Waals surface area contributed by atoms with Crippen molar-refractivity contribution in [3.63, 3.8) is 0 Å². The van der Waals surface area contributed by atoms with Gasteiger partial charge in [-0.15, -0.1) is 0 Å². The number of hydrogen-bond donors (Lipinski definition) is 3. The Morgan fingerprint density at radius 2 is 1.50 bits per heavy atom. The molecule has 0 fully saturated rings. The number of benzene rings is 2. The Balaban J connectivity index is 2.34. The third-order valence-corrected chi connectivity index (χ3v) is 4.64. The Morgan fingerprint density at radius 3 is 2.07 bits per heavy atom. The molecule has 0 aromatic heterocycles. The number of fused-ring (bicyclic) bond motifs is 1. The van der Waals surface area contributed by atoms with Gasteiger partial charge < -0.3 is 29.2 Å². The summed E-state index contributed by atoms with van der Waals surface area (Å²) >= 11 is 0. The van der Waals surface area contributed by atoms with Gasteiger partial charge in [-0.25, -0.2) is 0 Å². The van der Waals surface area contributed by atoms with Crippen molar-refractivity contribution in [1.82, 2.24) is 0 Å². The number of hydrogen-bond acceptors (Lipinski definition) is 8. The lowest BCUT2D eigenvalue weighted by atomic mass is 10.1. The minimum absolute atomic E-state index is 0.00770. The van der Waals surface area contributed by atoms with E-state index >= 15 is 0 Å². The van der Waals surface area contributed by atoms with Crippen LogP contribution in [0, 0.1) is 0 Å². The summed E-state index contributed by atoms with van der Waals surface area (Å²) in [6.45, 7) is -0.0627. The Hall–Kier alpha value is -1.95. The van der Waals surface area contributed by atoms with E-state index in [4.69, 9.17) is 18.9 Å². The molecule has 2 rings (SSSR count). The quantitative estimate of drug-likeness (QED) is 0.456. The summed E-state index contributed by atoms with van der Waals surface area (Å²) in [5, 5.41) is 20.4. The van der Waals surface area contributed by atoms with Crippen LogP contribution in [0.2, 0.25) is 0 Å². The lowest BCUT2D eigenvalue weighted by Gasteiger charge is -2.16. The second kappa shape index (κ2) is 10.0. The zero-order valence-corrected chi connectivity index (χ0v) is 16.4. The molecule has 2 aromatic rings. The number of rotatable bonds is 11. The molecule has 28 heavy (non-hydrogen) atoms. The fourth-order valence-electron chi connectivity index (χ4n) is 2.55. The predicted molar refractivity (Wildman–Crippen MR) is 101 cm³/mol. The van der Waals surface area contributed by atoms with Crippen LogP contribution < -0.4 is 9.47 Å². The molecule has 0 bridgehead atoms. The van der Waals surface area contributed by atoms with Crippen molar-refractivity contribution in [2.75, 3.05) is 40.6 Å². The first-order valence-electron chi connectivity index (χ1n) is 8.40. The Bertz CT molecular complexity index is 882. The molecule has 0 aliphatic carbocycles. The van der Waals surface area contributed by atoms with Crippen molar-refractivity contribution < 1.29 is 42.1 Å². The van der Waals surface area contributed by atoms with Gasteiger partial charge in [0, 0.05) is 19.6 Å². The van der Waals surface area contributed by atoms with Crippen LogP contribution in [-0.2, 0) is 19.6 Å². The van der Waals surface area contributed by atoms with Gasteiger partial charge in [-0.3, -0.25) is 4.55 Å². The highest BCUT2D eigenvalue weighted by Gasteiger charge is 2.21. The van der Waals surface area contributed by atoms with Gasteiger partial charge in [-0.1, -0.05) is 6.07 Å². The number of aliphatic hydroxyl groups is 2. The molecule has 9 nitrogen and oxygen atoms in total. The number of ether oxygens (including phenoxy) is 4. The third-order valence-electron chi connectivity index (χ3n) is 3.76. The maximum atomic E-state index is 11.7. The monoisotopic (exact) mass is 416 g/mol. The molecule has 0 spiro atoms. The molecular formula is C18H24O9S. The van der Waals surface area contributed by atoms with Gasteiger partial charge in [0.15, 0.2) is 0 Å². The lowest BCUT2D eigenvalue weighted by Crippen LogP contribution is -2.23. The highest BCUT2D eigenvalue weighted by atomic mass is 32.2. The van der Waals surface area contributed by atoms with Crippen molar-refractivity contribution in [2.24, 2.45) is 0 Å². The zero-order valence-electron chi connectivity index (χ0n) is 15.6. The summed E-state index contributed by atoms with van der Waals surface area (Å²) in [5.41, 5.74) is 0. The van der Waals surface area contributed by atoms with E-state index in [0.717, 1.165) is 0 Å². The molecule has 2 atom stereocenters. The van der Waals surface area contributed by atoms with E-state index in [9.17, 15) is 23.2 Å². The van der Waals surface area contributed by atoms with Crippen LogP contribution in [0.5, 0.6) is 11.5 Å². The normalized spacial score (nSPS) is 14.0. The highest BCUT2D eigenvalue weighted by Crippen LogP contribution is 2.35. The smallest absolute Gasteiger partial charge is 0.298 e. The molecular weight excluding hydrogens is 392 g/mol. The molecule has 0 aliphatic rings. The van der Waals surface area contributed by atoms with E-state index < -0.39 is 27.2 Å². The predicted octanol–water partition coefficient (Wildman–Crippen LogP) is 0.859. The zero-order chi connectivity index (χ0) is 20.7. The SMILES string of the molecule is COCC(O)COc1ccc2c(OCC(O)COC)c(S(=O)(=O)O)ccc2c1. The molecule has 0 saturated carbocycles. The summed E-state index contributed by atoms with van der Waals surface area (Å²) in [5.74, 6) is 0.369. The first-order valence-corrected chi connectivity index (χ1v) is 9.84. The summed E-state index contributed by atoms with van der Waals surface area (Å²) in [4.78, 5) is -0.409. The van der Waals surface area contributed by atoms with Crippen LogP contribution >= 0.6 is 0 Å². The second-order valence-corrected chi connectivity index (χ2v) is 7.48. The van der Waals surface area contributed by atoms with E-state index in [1.165, 1.54) is 26.4 Å². The largest absolute Gasteiger partial charge is 0.491 e.